The molecule has 0 unspecified atom stereocenters. The molecule has 3 rings (SSSR count). The standard InChI is InChI=1S/C24H22N3/c1-15-7-24(27(5)14-18(15)4)23-11-22(16(2)6-17(23)3)21-9-19(12-25)8-20(10-21)13-26/h6-11,14H,1-5H3/q+1/i1D3,2D3,4D3. The molecule has 27 heavy (non-hydrogen) atoms. The fraction of sp³-hybridized carbons (Fsp3) is 0.208. The molecule has 0 aliphatic carbocycles. The zero-order valence-corrected chi connectivity index (χ0v) is 14.9. The minimum atomic E-state index is -2.70. The lowest BCUT2D eigenvalue weighted by molar-refractivity contribution is -0.660. The SMILES string of the molecule is [2H]C([2H])([2H])c1cc(C)c(-c2cc(C([2H])([2H])[2H])c(C([2H])([2H])[2H])c[n+]2C)cc1-c1cc(C#N)cc(C#N)c1. The third-order valence-electron chi connectivity index (χ3n) is 4.42. The lowest BCUT2D eigenvalue weighted by Gasteiger charge is -2.13. The van der Waals surface area contributed by atoms with Gasteiger partial charge in [0.05, 0.1) is 23.3 Å². The Labute approximate surface area is 173 Å². The van der Waals surface area contributed by atoms with Gasteiger partial charge in [-0.2, -0.15) is 10.5 Å². The molecule has 0 saturated carbocycles. The van der Waals surface area contributed by atoms with Crippen LogP contribution < -0.4 is 4.57 Å². The molecule has 0 aliphatic heterocycles. The number of rotatable bonds is 2. The number of hydrogen-bond donors (Lipinski definition) is 0. The number of pyridine rings is 1. The van der Waals surface area contributed by atoms with Gasteiger partial charge in [0.25, 0.3) is 0 Å². The number of nitriles is 2. The van der Waals surface area contributed by atoms with Crippen LogP contribution in [-0.2, 0) is 7.05 Å². The summed E-state index contributed by atoms with van der Waals surface area (Å²) in [6.45, 7) is -6.21. The highest BCUT2D eigenvalue weighted by Gasteiger charge is 2.17. The average molecular weight is 362 g/mol. The van der Waals surface area contributed by atoms with Crippen molar-refractivity contribution in [2.75, 3.05) is 0 Å². The topological polar surface area (TPSA) is 51.5 Å². The van der Waals surface area contributed by atoms with E-state index < -0.39 is 20.6 Å². The van der Waals surface area contributed by atoms with Crippen molar-refractivity contribution in [3.63, 3.8) is 0 Å². The van der Waals surface area contributed by atoms with Crippen molar-refractivity contribution in [1.29, 1.82) is 10.5 Å². The van der Waals surface area contributed by atoms with Crippen LogP contribution in [0.25, 0.3) is 22.4 Å². The van der Waals surface area contributed by atoms with Gasteiger partial charge in [-0.1, -0.05) is 6.07 Å². The number of aryl methyl sites for hydroxylation is 5. The van der Waals surface area contributed by atoms with Crippen molar-refractivity contribution in [3.8, 4) is 34.5 Å². The van der Waals surface area contributed by atoms with E-state index in [0.29, 0.717) is 22.4 Å². The van der Waals surface area contributed by atoms with E-state index >= 15 is 0 Å². The second kappa shape index (κ2) is 7.06. The van der Waals surface area contributed by atoms with Gasteiger partial charge in [0, 0.05) is 29.5 Å². The lowest BCUT2D eigenvalue weighted by Crippen LogP contribution is -2.31. The Bertz CT molecular complexity index is 1400. The van der Waals surface area contributed by atoms with Crippen LogP contribution >= 0.6 is 0 Å². The third kappa shape index (κ3) is 3.46. The molecule has 0 spiro atoms. The van der Waals surface area contributed by atoms with E-state index in [1.807, 2.05) is 12.1 Å². The molecule has 2 aromatic carbocycles. The molecule has 3 aromatic rings. The first-order valence-corrected chi connectivity index (χ1v) is 8.13. The molecular weight excluding hydrogens is 330 g/mol. The fourth-order valence-corrected chi connectivity index (χ4v) is 3.05. The summed E-state index contributed by atoms with van der Waals surface area (Å²) in [5, 5.41) is 18.8. The molecule has 1 aromatic heterocycles. The van der Waals surface area contributed by atoms with Crippen LogP contribution in [-0.4, -0.2) is 0 Å². The highest BCUT2D eigenvalue weighted by Crippen LogP contribution is 2.32. The highest BCUT2D eigenvalue weighted by molar-refractivity contribution is 5.77. The summed E-state index contributed by atoms with van der Waals surface area (Å²) in [7, 11) is 1.58. The van der Waals surface area contributed by atoms with Crippen LogP contribution in [0.5, 0.6) is 0 Å². The van der Waals surface area contributed by atoms with Crippen LogP contribution in [0, 0.1) is 50.1 Å². The van der Waals surface area contributed by atoms with E-state index in [2.05, 4.69) is 0 Å². The van der Waals surface area contributed by atoms with Gasteiger partial charge in [-0.15, -0.1) is 0 Å². The van der Waals surface area contributed by atoms with E-state index in [1.165, 1.54) is 41.1 Å². The van der Waals surface area contributed by atoms with Crippen LogP contribution in [0.3, 0.4) is 0 Å². The summed E-state index contributed by atoms with van der Waals surface area (Å²) in [6.07, 6.45) is 1.25. The third-order valence-corrected chi connectivity index (χ3v) is 4.42. The van der Waals surface area contributed by atoms with Crippen molar-refractivity contribution >= 4 is 0 Å². The van der Waals surface area contributed by atoms with Gasteiger partial charge in [-0.25, -0.2) is 4.57 Å². The molecule has 0 amide bonds. The Hall–Kier alpha value is -3.43. The molecular formula is C24H22N3+. The zero-order chi connectivity index (χ0) is 27.2. The van der Waals surface area contributed by atoms with E-state index in [4.69, 9.17) is 12.3 Å². The van der Waals surface area contributed by atoms with E-state index in [-0.39, 0.29) is 33.4 Å². The quantitative estimate of drug-likeness (QED) is 0.614. The second-order valence-corrected chi connectivity index (χ2v) is 6.33. The first-order chi connectivity index (χ1) is 16.5. The molecule has 3 heteroatoms. The molecule has 0 bridgehead atoms. The molecule has 0 saturated heterocycles. The van der Waals surface area contributed by atoms with Crippen molar-refractivity contribution in [2.24, 2.45) is 7.05 Å². The van der Waals surface area contributed by atoms with Gasteiger partial charge in [-0.3, -0.25) is 0 Å². The van der Waals surface area contributed by atoms with E-state index in [1.54, 1.807) is 20.0 Å². The predicted molar refractivity (Wildman–Crippen MR) is 107 cm³/mol. The number of nitrogens with zero attached hydrogens (tertiary/aromatic N) is 3. The van der Waals surface area contributed by atoms with Crippen molar-refractivity contribution < 1.29 is 16.9 Å². The molecule has 0 aliphatic rings. The molecule has 132 valence electrons. The summed E-state index contributed by atoms with van der Waals surface area (Å²) in [5.41, 5.74) is 1.69. The zero-order valence-electron chi connectivity index (χ0n) is 23.9. The Morgan fingerprint density at radius 3 is 2.04 bits per heavy atom. The van der Waals surface area contributed by atoms with Gasteiger partial charge >= 0.3 is 0 Å². The minimum Gasteiger partial charge on any atom is -0.201 e. The van der Waals surface area contributed by atoms with E-state index in [9.17, 15) is 10.5 Å². The lowest BCUT2D eigenvalue weighted by atomic mass is 9.91. The smallest absolute Gasteiger partial charge is 0.201 e. The van der Waals surface area contributed by atoms with Crippen molar-refractivity contribution in [3.05, 3.63) is 76.0 Å². The maximum atomic E-state index is 9.40. The summed E-state index contributed by atoms with van der Waals surface area (Å²) >= 11 is 0. The van der Waals surface area contributed by atoms with E-state index in [0.717, 1.165) is 0 Å². The van der Waals surface area contributed by atoms with Gasteiger partial charge in [0.2, 0.25) is 5.69 Å². The van der Waals surface area contributed by atoms with Gasteiger partial charge < -0.3 is 0 Å². The first kappa shape index (κ1) is 10.0. The Balaban J connectivity index is 2.43. The molecule has 0 radical (unpaired) electrons. The predicted octanol–water partition coefficient (Wildman–Crippen LogP) is 4.82. The van der Waals surface area contributed by atoms with Crippen LogP contribution in [0.15, 0.2) is 42.6 Å². The maximum absolute atomic E-state index is 9.40. The fourth-order valence-electron chi connectivity index (χ4n) is 3.05. The monoisotopic (exact) mass is 361 g/mol. The summed E-state index contributed by atoms with van der Waals surface area (Å²) in [4.78, 5) is 0. The maximum Gasteiger partial charge on any atom is 0.212 e. The summed E-state index contributed by atoms with van der Waals surface area (Å²) in [6, 6.07) is 12.6. The molecule has 0 fully saturated rings. The highest BCUT2D eigenvalue weighted by atomic mass is 14.9. The molecule has 0 atom stereocenters. The molecule has 1 heterocycles. The van der Waals surface area contributed by atoms with Crippen LogP contribution in [0.4, 0.5) is 0 Å². The van der Waals surface area contributed by atoms with Gasteiger partial charge in [-0.05, 0) is 79.6 Å². The number of hydrogen-bond acceptors (Lipinski definition) is 2. The van der Waals surface area contributed by atoms with Crippen molar-refractivity contribution in [1.82, 2.24) is 0 Å². The van der Waals surface area contributed by atoms with Crippen molar-refractivity contribution in [2.45, 2.75) is 27.5 Å². The summed E-state index contributed by atoms with van der Waals surface area (Å²) in [5.74, 6) is 0. The largest absolute Gasteiger partial charge is 0.212 e. The number of benzene rings is 2. The Kier molecular flexibility index (Phi) is 2.63. The van der Waals surface area contributed by atoms with Crippen LogP contribution in [0.2, 0.25) is 0 Å². The van der Waals surface area contributed by atoms with Gasteiger partial charge in [0.1, 0.15) is 7.05 Å². The Morgan fingerprint density at radius 2 is 1.44 bits per heavy atom. The molecule has 3 nitrogen and oxygen atoms in total. The van der Waals surface area contributed by atoms with Gasteiger partial charge in [0.15, 0.2) is 6.20 Å². The summed E-state index contributed by atoms with van der Waals surface area (Å²) < 4.78 is 72.7. The second-order valence-electron chi connectivity index (χ2n) is 6.33. The minimum absolute atomic E-state index is 0.000499. The number of aromatic nitrogens is 1. The average Bonchev–Trinajstić information content (AvgIpc) is 2.76. The Morgan fingerprint density at radius 1 is 0.778 bits per heavy atom. The molecule has 0 N–H and O–H groups in total. The first-order valence-electron chi connectivity index (χ1n) is 12.6. The normalized spacial score (nSPS) is 16.7. The van der Waals surface area contributed by atoms with Crippen LogP contribution in [0.1, 0.15) is 45.7 Å².